The van der Waals surface area contributed by atoms with Crippen molar-refractivity contribution in [2.75, 3.05) is 6.54 Å². The van der Waals surface area contributed by atoms with Gasteiger partial charge in [0.05, 0.1) is 12.7 Å². The zero-order chi connectivity index (χ0) is 16.4. The summed E-state index contributed by atoms with van der Waals surface area (Å²) in [6.07, 6.45) is 7.65. The van der Waals surface area contributed by atoms with Crippen LogP contribution in [0.2, 0.25) is 0 Å². The molecule has 0 bridgehead atoms. The van der Waals surface area contributed by atoms with Crippen LogP contribution in [0.5, 0.6) is 0 Å². The lowest BCUT2D eigenvalue weighted by molar-refractivity contribution is 0.0590. The Hall–Kier alpha value is -1.56. The normalized spacial score (nSPS) is 21.1. The monoisotopic (exact) mass is 308 g/mol. The van der Waals surface area contributed by atoms with Crippen molar-refractivity contribution in [1.29, 1.82) is 0 Å². The first kappa shape index (κ1) is 16.8. The van der Waals surface area contributed by atoms with Gasteiger partial charge < -0.3 is 15.7 Å². The van der Waals surface area contributed by atoms with E-state index in [1.54, 1.807) is 31.0 Å². The highest BCUT2D eigenvalue weighted by Crippen LogP contribution is 2.34. The van der Waals surface area contributed by atoms with Gasteiger partial charge in [0.2, 0.25) is 0 Å². The molecule has 1 aromatic heterocycles. The maximum absolute atomic E-state index is 12.0. The van der Waals surface area contributed by atoms with Crippen LogP contribution < -0.4 is 10.6 Å². The van der Waals surface area contributed by atoms with Gasteiger partial charge in [-0.2, -0.15) is 5.10 Å². The van der Waals surface area contributed by atoms with Crippen molar-refractivity contribution in [3.8, 4) is 0 Å². The molecule has 1 fully saturated rings. The van der Waals surface area contributed by atoms with E-state index < -0.39 is 5.60 Å². The Morgan fingerprint density at radius 2 is 2.14 bits per heavy atom. The number of hydrogen-bond acceptors (Lipinski definition) is 3. The number of carbonyl (C=O) groups is 1. The zero-order valence-electron chi connectivity index (χ0n) is 14.0. The third-order valence-electron chi connectivity index (χ3n) is 4.59. The highest BCUT2D eigenvalue weighted by molar-refractivity contribution is 5.74. The smallest absolute Gasteiger partial charge is 0.315 e. The van der Waals surface area contributed by atoms with E-state index in [1.807, 2.05) is 0 Å². The number of aryl methyl sites for hydroxylation is 1. The average Bonchev–Trinajstić information content (AvgIpc) is 2.87. The number of aromatic nitrogens is 2. The summed E-state index contributed by atoms with van der Waals surface area (Å²) in [5.74, 6) is 0. The molecule has 1 aromatic rings. The minimum atomic E-state index is -1.12. The highest BCUT2D eigenvalue weighted by Gasteiger charge is 2.29. The van der Waals surface area contributed by atoms with Crippen molar-refractivity contribution in [2.45, 2.75) is 58.1 Å². The predicted octanol–water partition coefficient (Wildman–Crippen LogP) is 1.90. The molecule has 6 heteroatoms. The van der Waals surface area contributed by atoms with Crippen molar-refractivity contribution in [3.63, 3.8) is 0 Å². The Morgan fingerprint density at radius 3 is 2.68 bits per heavy atom. The van der Waals surface area contributed by atoms with Crippen LogP contribution in [0.1, 0.15) is 52.0 Å². The van der Waals surface area contributed by atoms with Gasteiger partial charge in [0.1, 0.15) is 5.60 Å². The predicted molar refractivity (Wildman–Crippen MR) is 85.4 cm³/mol. The van der Waals surface area contributed by atoms with Crippen LogP contribution in [0.3, 0.4) is 0 Å². The molecule has 1 aliphatic carbocycles. The number of rotatable bonds is 4. The molecule has 0 spiro atoms. The molecule has 0 aliphatic heterocycles. The number of hydrogen-bond donors (Lipinski definition) is 3. The molecule has 1 atom stereocenters. The zero-order valence-corrected chi connectivity index (χ0v) is 14.0. The van der Waals surface area contributed by atoms with E-state index in [0.29, 0.717) is 11.0 Å². The molecule has 1 aliphatic rings. The summed E-state index contributed by atoms with van der Waals surface area (Å²) < 4.78 is 1.63. The molecule has 0 saturated heterocycles. The topological polar surface area (TPSA) is 79.2 Å². The second-order valence-corrected chi connectivity index (χ2v) is 7.44. The fourth-order valence-electron chi connectivity index (χ4n) is 2.83. The molecule has 1 unspecified atom stereocenters. The summed E-state index contributed by atoms with van der Waals surface area (Å²) in [5, 5.41) is 20.2. The van der Waals surface area contributed by atoms with E-state index in [0.717, 1.165) is 25.7 Å². The first-order valence-electron chi connectivity index (χ1n) is 7.94. The maximum Gasteiger partial charge on any atom is 0.315 e. The highest BCUT2D eigenvalue weighted by atomic mass is 16.3. The van der Waals surface area contributed by atoms with Gasteiger partial charge >= 0.3 is 6.03 Å². The molecule has 0 radical (unpaired) electrons. The van der Waals surface area contributed by atoms with Crippen molar-refractivity contribution in [1.82, 2.24) is 20.4 Å². The summed E-state index contributed by atoms with van der Waals surface area (Å²) in [5.41, 5.74) is -0.0478. The molecular weight excluding hydrogens is 280 g/mol. The molecule has 2 amide bonds. The summed E-state index contributed by atoms with van der Waals surface area (Å²) in [6, 6.07) is 0.0187. The van der Waals surface area contributed by atoms with E-state index in [4.69, 9.17) is 0 Å². The van der Waals surface area contributed by atoms with Gasteiger partial charge in [0, 0.05) is 24.8 Å². The summed E-state index contributed by atoms with van der Waals surface area (Å²) in [4.78, 5) is 12.0. The Morgan fingerprint density at radius 1 is 1.50 bits per heavy atom. The largest absolute Gasteiger partial charge is 0.383 e. The molecule has 6 nitrogen and oxygen atoms in total. The Kier molecular flexibility index (Phi) is 4.80. The van der Waals surface area contributed by atoms with Gasteiger partial charge in [-0.25, -0.2) is 4.79 Å². The van der Waals surface area contributed by atoms with Crippen molar-refractivity contribution in [2.24, 2.45) is 12.5 Å². The van der Waals surface area contributed by atoms with Gasteiger partial charge in [0.25, 0.3) is 0 Å². The molecule has 3 N–H and O–H groups in total. The number of nitrogens with one attached hydrogen (secondary N) is 2. The number of nitrogens with zero attached hydrogens (tertiary/aromatic N) is 2. The van der Waals surface area contributed by atoms with E-state index in [9.17, 15) is 9.90 Å². The second-order valence-electron chi connectivity index (χ2n) is 7.44. The summed E-state index contributed by atoms with van der Waals surface area (Å²) >= 11 is 0. The first-order valence-corrected chi connectivity index (χ1v) is 7.94. The number of aliphatic hydroxyl groups is 1. The SMILES string of the molecule is Cn1cc(C(C)(O)CNC(=O)NC2CCC(C)(C)CC2)cn1. The minimum Gasteiger partial charge on any atom is -0.383 e. The fraction of sp³-hybridized carbons (Fsp3) is 0.750. The van der Waals surface area contributed by atoms with E-state index in [1.165, 1.54) is 0 Å². The fourth-order valence-corrected chi connectivity index (χ4v) is 2.83. The van der Waals surface area contributed by atoms with Gasteiger partial charge in [0.15, 0.2) is 0 Å². The Bertz CT molecular complexity index is 512. The molecule has 22 heavy (non-hydrogen) atoms. The van der Waals surface area contributed by atoms with Gasteiger partial charge in [-0.05, 0) is 38.0 Å². The lowest BCUT2D eigenvalue weighted by atomic mass is 9.76. The first-order chi connectivity index (χ1) is 10.2. The van der Waals surface area contributed by atoms with Crippen LogP contribution in [0.25, 0.3) is 0 Å². The number of carbonyl (C=O) groups excluding carboxylic acids is 1. The van der Waals surface area contributed by atoms with Crippen LogP contribution in [0.15, 0.2) is 12.4 Å². The van der Waals surface area contributed by atoms with Crippen LogP contribution in [-0.4, -0.2) is 33.5 Å². The molecular formula is C16H28N4O2. The van der Waals surface area contributed by atoms with E-state index >= 15 is 0 Å². The average molecular weight is 308 g/mol. The van der Waals surface area contributed by atoms with Crippen molar-refractivity contribution < 1.29 is 9.90 Å². The van der Waals surface area contributed by atoms with Gasteiger partial charge in [-0.15, -0.1) is 0 Å². The Balaban J connectivity index is 1.78. The summed E-state index contributed by atoms with van der Waals surface area (Å²) in [7, 11) is 1.80. The van der Waals surface area contributed by atoms with Crippen LogP contribution >= 0.6 is 0 Å². The van der Waals surface area contributed by atoms with Crippen LogP contribution in [-0.2, 0) is 12.6 Å². The lowest BCUT2D eigenvalue weighted by Gasteiger charge is -2.34. The number of amides is 2. The molecule has 124 valence electrons. The van der Waals surface area contributed by atoms with Crippen molar-refractivity contribution in [3.05, 3.63) is 18.0 Å². The lowest BCUT2D eigenvalue weighted by Crippen LogP contribution is -2.48. The number of urea groups is 1. The molecule has 1 saturated carbocycles. The molecule has 2 rings (SSSR count). The quantitative estimate of drug-likeness (QED) is 0.795. The molecule has 1 heterocycles. The van der Waals surface area contributed by atoms with E-state index in [-0.39, 0.29) is 18.6 Å². The minimum absolute atomic E-state index is 0.155. The molecule has 0 aromatic carbocycles. The van der Waals surface area contributed by atoms with E-state index in [2.05, 4.69) is 29.6 Å². The second kappa shape index (κ2) is 6.28. The van der Waals surface area contributed by atoms with Gasteiger partial charge in [-0.1, -0.05) is 13.8 Å². The van der Waals surface area contributed by atoms with Crippen LogP contribution in [0, 0.1) is 5.41 Å². The Labute approximate surface area is 132 Å². The third kappa shape index (κ3) is 4.47. The van der Waals surface area contributed by atoms with Gasteiger partial charge in [-0.3, -0.25) is 4.68 Å². The van der Waals surface area contributed by atoms with Crippen molar-refractivity contribution >= 4 is 6.03 Å². The maximum atomic E-state index is 12.0. The standard InChI is InChI=1S/C16H28N4O2/c1-15(2)7-5-13(6-8-15)19-14(21)17-11-16(3,22)12-9-18-20(4)10-12/h9-10,13,22H,5-8,11H2,1-4H3,(H2,17,19,21). The third-order valence-corrected chi connectivity index (χ3v) is 4.59. The van der Waals surface area contributed by atoms with Crippen LogP contribution in [0.4, 0.5) is 4.79 Å². The summed E-state index contributed by atoms with van der Waals surface area (Å²) in [6.45, 7) is 6.37.